The molecule has 1 aliphatic carbocycles. The lowest BCUT2D eigenvalue weighted by molar-refractivity contribution is -0.141. The van der Waals surface area contributed by atoms with Crippen molar-refractivity contribution >= 4 is 33.8 Å². The van der Waals surface area contributed by atoms with Crippen molar-refractivity contribution < 1.29 is 18.7 Å². The average Bonchev–Trinajstić information content (AvgIpc) is 3.31. The highest BCUT2D eigenvalue weighted by Crippen LogP contribution is 2.56. The van der Waals surface area contributed by atoms with E-state index >= 15 is 0 Å². The summed E-state index contributed by atoms with van der Waals surface area (Å²) < 4.78 is 12.0. The summed E-state index contributed by atoms with van der Waals surface area (Å²) in [6.45, 7) is 1.75. The molecule has 3 N–H and O–H groups in total. The number of aromatic nitrogens is 1. The van der Waals surface area contributed by atoms with Gasteiger partial charge in [0.05, 0.1) is 5.57 Å². The second-order valence-electron chi connectivity index (χ2n) is 7.19. The molecule has 8 heteroatoms. The van der Waals surface area contributed by atoms with Gasteiger partial charge in [0.15, 0.2) is 11.2 Å². The first-order chi connectivity index (χ1) is 14.4. The molecule has 0 fully saturated rings. The second kappa shape index (κ2) is 6.56. The minimum Gasteiger partial charge on any atom is -0.457 e. The van der Waals surface area contributed by atoms with Crippen molar-refractivity contribution in [2.75, 3.05) is 5.73 Å². The number of rotatable bonds is 3. The molecule has 1 aliphatic heterocycles. The van der Waals surface area contributed by atoms with Crippen LogP contribution < -0.4 is 11.1 Å². The first kappa shape index (κ1) is 18.6. The van der Waals surface area contributed by atoms with E-state index in [1.807, 2.05) is 42.5 Å². The molecule has 150 valence electrons. The summed E-state index contributed by atoms with van der Waals surface area (Å²) in [4.78, 5) is 30.9. The van der Waals surface area contributed by atoms with Crippen LogP contribution in [0.2, 0.25) is 0 Å². The lowest BCUT2D eigenvalue weighted by Crippen LogP contribution is -2.40. The number of nitrogens with one attached hydrogen (secondary N) is 1. The Bertz CT molecular complexity index is 1250. The number of nitrogens with zero attached hydrogens (tertiary/aromatic N) is 1. The monoisotopic (exact) mass is 465 g/mol. The quantitative estimate of drug-likeness (QED) is 0.573. The summed E-state index contributed by atoms with van der Waals surface area (Å²) in [6, 6.07) is 14.7. The summed E-state index contributed by atoms with van der Waals surface area (Å²) in [5, 5.41) is 2.79. The maximum absolute atomic E-state index is 13.3. The van der Waals surface area contributed by atoms with Crippen LogP contribution in [0.1, 0.15) is 23.7 Å². The van der Waals surface area contributed by atoms with Gasteiger partial charge in [-0.3, -0.25) is 4.79 Å². The number of amides is 1. The van der Waals surface area contributed by atoms with Gasteiger partial charge in [-0.2, -0.15) is 4.98 Å². The third kappa shape index (κ3) is 2.46. The number of carbonyl (C=O) groups is 2. The Labute approximate surface area is 180 Å². The zero-order chi connectivity index (χ0) is 21.0. The fourth-order valence-corrected chi connectivity index (χ4v) is 4.59. The predicted molar refractivity (Wildman–Crippen MR) is 112 cm³/mol. The highest BCUT2D eigenvalue weighted by Gasteiger charge is 2.61. The number of halogens is 1. The molecule has 1 atom stereocenters. The van der Waals surface area contributed by atoms with Crippen molar-refractivity contribution in [1.82, 2.24) is 10.3 Å². The third-order valence-corrected chi connectivity index (χ3v) is 5.93. The van der Waals surface area contributed by atoms with E-state index in [1.54, 1.807) is 13.0 Å². The van der Waals surface area contributed by atoms with Crippen LogP contribution in [0.3, 0.4) is 0 Å². The maximum Gasteiger partial charge on any atom is 0.337 e. The van der Waals surface area contributed by atoms with Crippen LogP contribution in [0, 0.1) is 0 Å². The zero-order valence-electron chi connectivity index (χ0n) is 15.9. The molecule has 2 aromatic carbocycles. The Morgan fingerprint density at radius 1 is 1.27 bits per heavy atom. The number of hydrogen-bond donors (Lipinski definition) is 2. The molecule has 1 spiro atoms. The fourth-order valence-electron chi connectivity index (χ4n) is 4.23. The Morgan fingerprint density at radius 2 is 2.03 bits per heavy atom. The highest BCUT2D eigenvalue weighted by molar-refractivity contribution is 9.10. The molecule has 3 aromatic rings. The minimum absolute atomic E-state index is 0.0673. The molecule has 7 nitrogen and oxygen atoms in total. The molecule has 30 heavy (non-hydrogen) atoms. The molecule has 0 bridgehead atoms. The lowest BCUT2D eigenvalue weighted by atomic mass is 9.75. The van der Waals surface area contributed by atoms with Crippen molar-refractivity contribution in [2.24, 2.45) is 0 Å². The van der Waals surface area contributed by atoms with E-state index in [-0.39, 0.29) is 18.2 Å². The molecule has 1 amide bonds. The van der Waals surface area contributed by atoms with Gasteiger partial charge in [-0.15, -0.1) is 0 Å². The first-order valence-electron chi connectivity index (χ1n) is 9.24. The van der Waals surface area contributed by atoms with Crippen molar-refractivity contribution in [3.63, 3.8) is 0 Å². The Morgan fingerprint density at radius 3 is 2.80 bits per heavy atom. The molecule has 1 unspecified atom stereocenters. The van der Waals surface area contributed by atoms with Crippen LogP contribution in [0.25, 0.3) is 11.3 Å². The van der Waals surface area contributed by atoms with Crippen molar-refractivity contribution in [3.05, 3.63) is 81.1 Å². The number of ether oxygens (including phenoxy) is 1. The molecule has 0 saturated heterocycles. The van der Waals surface area contributed by atoms with E-state index < -0.39 is 17.3 Å². The van der Waals surface area contributed by atoms with Crippen LogP contribution in [-0.2, 0) is 26.3 Å². The van der Waals surface area contributed by atoms with E-state index in [0.29, 0.717) is 28.3 Å². The van der Waals surface area contributed by atoms with Crippen LogP contribution >= 0.6 is 15.9 Å². The van der Waals surface area contributed by atoms with Gasteiger partial charge in [0.25, 0.3) is 6.01 Å². The molecule has 2 heterocycles. The van der Waals surface area contributed by atoms with Crippen LogP contribution in [0.5, 0.6) is 0 Å². The SMILES string of the molecule is CC1=C(C(=O)OCc2ccccc2)C2(C(=O)N1)c1cc(Br)ccc1-c1oc(N)nc12. The number of carbonyl (C=O) groups excluding carboxylic acids is 2. The van der Waals surface area contributed by atoms with E-state index in [2.05, 4.69) is 26.2 Å². The van der Waals surface area contributed by atoms with Gasteiger partial charge >= 0.3 is 5.97 Å². The lowest BCUT2D eigenvalue weighted by Gasteiger charge is -2.24. The number of nitrogen functional groups attached to an aromatic ring is 1. The zero-order valence-corrected chi connectivity index (χ0v) is 17.4. The van der Waals surface area contributed by atoms with E-state index in [0.717, 1.165) is 10.0 Å². The predicted octanol–water partition coefficient (Wildman–Crippen LogP) is 3.43. The van der Waals surface area contributed by atoms with Gasteiger partial charge in [0.1, 0.15) is 12.3 Å². The Balaban J connectivity index is 1.65. The summed E-state index contributed by atoms with van der Waals surface area (Å²) in [5.74, 6) is -0.610. The summed E-state index contributed by atoms with van der Waals surface area (Å²) >= 11 is 3.46. The largest absolute Gasteiger partial charge is 0.457 e. The normalized spacial score (nSPS) is 19.1. The number of fused-ring (bicyclic) bond motifs is 5. The van der Waals surface area contributed by atoms with Crippen molar-refractivity contribution in [3.8, 4) is 11.3 Å². The summed E-state index contributed by atoms with van der Waals surface area (Å²) in [7, 11) is 0. The Kier molecular flexibility index (Phi) is 4.08. The van der Waals surface area contributed by atoms with E-state index in [4.69, 9.17) is 14.9 Å². The van der Waals surface area contributed by atoms with Gasteiger partial charge in [-0.25, -0.2) is 4.79 Å². The fraction of sp³-hybridized carbons (Fsp3) is 0.136. The minimum atomic E-state index is -1.48. The smallest absolute Gasteiger partial charge is 0.337 e. The van der Waals surface area contributed by atoms with Gasteiger partial charge in [-0.1, -0.05) is 46.3 Å². The summed E-state index contributed by atoms with van der Waals surface area (Å²) in [5.41, 5.74) is 7.34. The first-order valence-corrected chi connectivity index (χ1v) is 10.0. The molecular weight excluding hydrogens is 450 g/mol. The summed E-state index contributed by atoms with van der Waals surface area (Å²) in [6.07, 6.45) is 0. The van der Waals surface area contributed by atoms with Crippen molar-refractivity contribution in [2.45, 2.75) is 18.9 Å². The number of benzene rings is 2. The average molecular weight is 466 g/mol. The molecular formula is C22H16BrN3O4. The number of nitrogens with two attached hydrogens (primary N) is 1. The molecule has 2 aliphatic rings. The van der Waals surface area contributed by atoms with E-state index in [1.165, 1.54) is 0 Å². The van der Waals surface area contributed by atoms with Gasteiger partial charge in [0, 0.05) is 15.7 Å². The standard InChI is InChI=1S/C22H16BrN3O4/c1-11-16(19(27)29-10-12-5-3-2-4-6-12)22(20(28)25-11)15-9-13(23)7-8-14(15)17-18(22)26-21(24)30-17/h2-9H,10H2,1H3,(H2,24,26)(H,25,28). The van der Waals surface area contributed by atoms with E-state index in [9.17, 15) is 9.59 Å². The molecule has 0 saturated carbocycles. The van der Waals surface area contributed by atoms with Gasteiger partial charge < -0.3 is 20.2 Å². The van der Waals surface area contributed by atoms with Crippen molar-refractivity contribution in [1.29, 1.82) is 0 Å². The van der Waals surface area contributed by atoms with Gasteiger partial charge in [0.2, 0.25) is 5.91 Å². The van der Waals surface area contributed by atoms with Crippen LogP contribution in [0.4, 0.5) is 6.01 Å². The maximum atomic E-state index is 13.3. The Hall–Kier alpha value is -3.39. The molecule has 5 rings (SSSR count). The highest BCUT2D eigenvalue weighted by atomic mass is 79.9. The number of hydrogen-bond acceptors (Lipinski definition) is 6. The topological polar surface area (TPSA) is 107 Å². The third-order valence-electron chi connectivity index (χ3n) is 5.44. The molecule has 1 aromatic heterocycles. The van der Waals surface area contributed by atoms with Crippen LogP contribution in [-0.4, -0.2) is 16.9 Å². The number of esters is 1. The molecule has 0 radical (unpaired) electrons. The van der Waals surface area contributed by atoms with Gasteiger partial charge in [-0.05, 0) is 36.2 Å². The van der Waals surface area contributed by atoms with Crippen LogP contribution in [0.15, 0.2) is 68.7 Å². The number of oxazole rings is 1. The second-order valence-corrected chi connectivity index (χ2v) is 8.10. The number of allylic oxidation sites excluding steroid dienone is 1. The number of anilines is 1.